The van der Waals surface area contributed by atoms with E-state index in [2.05, 4.69) is 10.2 Å². The van der Waals surface area contributed by atoms with Crippen molar-refractivity contribution in [3.05, 3.63) is 68.4 Å². The molecule has 3 rings (SSSR count). The number of phenols is 1. The average Bonchev–Trinajstić information content (AvgIpc) is 2.66. The van der Waals surface area contributed by atoms with Gasteiger partial charge in [-0.05, 0) is 6.07 Å². The van der Waals surface area contributed by atoms with Crippen LogP contribution in [0.15, 0.2) is 57.6 Å². The van der Waals surface area contributed by atoms with Gasteiger partial charge in [-0.2, -0.15) is 8.42 Å². The van der Waals surface area contributed by atoms with Gasteiger partial charge in [0.2, 0.25) is 0 Å². The SMILES string of the molecule is [NH-]c1ccc2c(N=Nc3ccc([N+](=O)[O-])cc3[N+](=O)[O-])c(S(=O)(=O)O)cc(O)c2c1.[Na+]. The van der Waals surface area contributed by atoms with Gasteiger partial charge < -0.3 is 10.8 Å². The van der Waals surface area contributed by atoms with Crippen molar-refractivity contribution in [3.63, 3.8) is 0 Å². The number of nitrogens with one attached hydrogen (secondary N) is 1. The first-order chi connectivity index (χ1) is 14.0. The van der Waals surface area contributed by atoms with Gasteiger partial charge in [0.1, 0.15) is 16.3 Å². The van der Waals surface area contributed by atoms with Gasteiger partial charge in [0.05, 0.1) is 15.9 Å². The summed E-state index contributed by atoms with van der Waals surface area (Å²) in [6, 6.07) is 7.01. The normalized spacial score (nSPS) is 11.4. The van der Waals surface area contributed by atoms with E-state index in [1.807, 2.05) is 0 Å². The Balaban J connectivity index is 0.00000341. The van der Waals surface area contributed by atoms with Crippen LogP contribution in [0.2, 0.25) is 0 Å². The largest absolute Gasteiger partial charge is 1.00 e. The van der Waals surface area contributed by atoms with Gasteiger partial charge in [0.15, 0.2) is 5.69 Å². The number of hydrogen-bond acceptors (Lipinski definition) is 9. The Bertz CT molecular complexity index is 1360. The van der Waals surface area contributed by atoms with Crippen molar-refractivity contribution in [1.82, 2.24) is 0 Å². The molecule has 0 amide bonds. The zero-order chi connectivity index (χ0) is 22.2. The van der Waals surface area contributed by atoms with Crippen molar-refractivity contribution in [2.45, 2.75) is 4.90 Å². The minimum absolute atomic E-state index is 0. The molecule has 0 aliphatic heterocycles. The van der Waals surface area contributed by atoms with E-state index < -0.39 is 53.4 Å². The molecule has 0 heterocycles. The molecule has 0 aromatic heterocycles. The maximum absolute atomic E-state index is 11.7. The number of benzene rings is 3. The zero-order valence-corrected chi connectivity index (χ0v) is 18.4. The Kier molecular flexibility index (Phi) is 6.93. The molecule has 0 unspecified atom stereocenters. The molecule has 0 saturated heterocycles. The number of azo groups is 1. The molecule has 0 aliphatic carbocycles. The number of hydrogen-bond donors (Lipinski definition) is 2. The third-order valence-corrected chi connectivity index (χ3v) is 4.82. The van der Waals surface area contributed by atoms with Gasteiger partial charge in [0.25, 0.3) is 15.8 Å². The Morgan fingerprint density at radius 2 is 1.61 bits per heavy atom. The molecule has 0 fully saturated rings. The summed E-state index contributed by atoms with van der Waals surface area (Å²) in [4.78, 5) is 19.5. The number of rotatable bonds is 5. The van der Waals surface area contributed by atoms with Crippen LogP contribution in [-0.2, 0) is 10.1 Å². The molecule has 0 aliphatic rings. The Hall–Kier alpha value is -3.17. The number of fused-ring (bicyclic) bond motifs is 1. The summed E-state index contributed by atoms with van der Waals surface area (Å²) < 4.78 is 33.0. The summed E-state index contributed by atoms with van der Waals surface area (Å²) in [5, 5.41) is 39.5. The molecule has 0 bridgehead atoms. The van der Waals surface area contributed by atoms with E-state index in [0.717, 1.165) is 12.1 Å². The number of aromatic hydroxyl groups is 1. The second-order valence-electron chi connectivity index (χ2n) is 5.87. The van der Waals surface area contributed by atoms with Gasteiger partial charge in [-0.3, -0.25) is 24.8 Å². The average molecular weight is 455 g/mol. The minimum Gasteiger partial charge on any atom is -0.699 e. The van der Waals surface area contributed by atoms with Crippen LogP contribution in [-0.4, -0.2) is 27.9 Å². The number of nitrogens with zero attached hydrogens (tertiary/aromatic N) is 4. The van der Waals surface area contributed by atoms with Gasteiger partial charge in [-0.15, -0.1) is 15.9 Å². The van der Waals surface area contributed by atoms with E-state index in [-0.39, 0.29) is 46.0 Å². The van der Waals surface area contributed by atoms with Crippen molar-refractivity contribution in [3.8, 4) is 5.75 Å². The number of nitro benzene ring substituents is 2. The summed E-state index contributed by atoms with van der Waals surface area (Å²) in [5.74, 6) is -0.549. The fraction of sp³-hybridized carbons (Fsp3) is 0. The van der Waals surface area contributed by atoms with Crippen molar-refractivity contribution < 1.29 is 57.5 Å². The Morgan fingerprint density at radius 1 is 0.935 bits per heavy atom. The van der Waals surface area contributed by atoms with E-state index >= 15 is 0 Å². The summed E-state index contributed by atoms with van der Waals surface area (Å²) in [6.45, 7) is 0. The minimum atomic E-state index is -4.89. The fourth-order valence-electron chi connectivity index (χ4n) is 2.63. The van der Waals surface area contributed by atoms with Gasteiger partial charge in [0, 0.05) is 22.9 Å². The van der Waals surface area contributed by atoms with E-state index in [0.29, 0.717) is 12.1 Å². The van der Waals surface area contributed by atoms with E-state index in [9.17, 15) is 38.3 Å². The van der Waals surface area contributed by atoms with Gasteiger partial charge in [-0.25, -0.2) is 0 Å². The van der Waals surface area contributed by atoms with Crippen molar-refractivity contribution in [2.24, 2.45) is 10.2 Å². The van der Waals surface area contributed by atoms with Crippen LogP contribution in [0.25, 0.3) is 16.5 Å². The molecule has 13 nitrogen and oxygen atoms in total. The molecule has 3 aromatic rings. The van der Waals surface area contributed by atoms with Crippen LogP contribution >= 0.6 is 0 Å². The third kappa shape index (κ3) is 4.95. The molecule has 0 saturated carbocycles. The monoisotopic (exact) mass is 455 g/mol. The van der Waals surface area contributed by atoms with Crippen LogP contribution in [0.4, 0.5) is 28.4 Å². The topological polar surface area (TPSA) is 209 Å². The molecular formula is C16H10N5NaO8S. The number of nitro groups is 2. The smallest absolute Gasteiger partial charge is 0.699 e. The van der Waals surface area contributed by atoms with Crippen LogP contribution in [0.3, 0.4) is 0 Å². The second-order valence-corrected chi connectivity index (χ2v) is 7.26. The molecule has 31 heavy (non-hydrogen) atoms. The van der Waals surface area contributed by atoms with Gasteiger partial charge >= 0.3 is 35.2 Å². The third-order valence-electron chi connectivity index (χ3n) is 3.95. The standard InChI is InChI=1S/C16H10N5O8S.Na/c17-8-1-3-10-11(5-8)14(22)7-15(30(27,28)29)16(10)19-18-12-4-2-9(20(23)24)6-13(12)21(25)26;/h1-7H,(H3-,17,18,19,22,27,28,29);/q-1;+1. The first kappa shape index (κ1) is 24.1. The van der Waals surface area contributed by atoms with Crippen LogP contribution < -0.4 is 29.6 Å². The molecule has 0 radical (unpaired) electrons. The van der Waals surface area contributed by atoms with E-state index in [4.69, 9.17) is 5.73 Å². The molecule has 0 atom stereocenters. The summed E-state index contributed by atoms with van der Waals surface area (Å²) >= 11 is 0. The van der Waals surface area contributed by atoms with Crippen molar-refractivity contribution >= 4 is 49.3 Å². The number of phenolic OH excluding ortho intramolecular Hbond substituents is 1. The van der Waals surface area contributed by atoms with Crippen molar-refractivity contribution in [2.75, 3.05) is 0 Å². The zero-order valence-electron chi connectivity index (χ0n) is 15.6. The maximum Gasteiger partial charge on any atom is 1.00 e. The molecule has 3 aromatic carbocycles. The van der Waals surface area contributed by atoms with Crippen molar-refractivity contribution in [1.29, 1.82) is 0 Å². The van der Waals surface area contributed by atoms with Crippen LogP contribution in [0.1, 0.15) is 0 Å². The summed E-state index contributed by atoms with van der Waals surface area (Å²) in [6.07, 6.45) is 0. The maximum atomic E-state index is 11.7. The quantitative estimate of drug-likeness (QED) is 0.190. The fourth-order valence-corrected chi connectivity index (χ4v) is 3.28. The van der Waals surface area contributed by atoms with E-state index in [1.54, 1.807) is 0 Å². The predicted octanol–water partition coefficient (Wildman–Crippen LogP) is 1.71. The van der Waals surface area contributed by atoms with E-state index in [1.165, 1.54) is 18.2 Å². The molecular weight excluding hydrogens is 445 g/mol. The second kappa shape index (κ2) is 8.91. The first-order valence-electron chi connectivity index (χ1n) is 7.82. The predicted molar refractivity (Wildman–Crippen MR) is 103 cm³/mol. The molecule has 15 heteroatoms. The summed E-state index contributed by atoms with van der Waals surface area (Å²) in [5.41, 5.74) is 5.45. The van der Waals surface area contributed by atoms with Gasteiger partial charge in [-0.1, -0.05) is 18.2 Å². The molecule has 0 spiro atoms. The van der Waals surface area contributed by atoms with Crippen LogP contribution in [0, 0.1) is 20.2 Å². The number of non-ortho nitro benzene ring substituents is 1. The first-order valence-corrected chi connectivity index (χ1v) is 9.26. The summed E-state index contributed by atoms with van der Waals surface area (Å²) in [7, 11) is -4.89. The molecule has 154 valence electrons. The van der Waals surface area contributed by atoms with Crippen LogP contribution in [0.5, 0.6) is 5.75 Å². The Morgan fingerprint density at radius 3 is 2.19 bits per heavy atom. The Labute approximate surface area is 195 Å². The molecule has 3 N–H and O–H groups in total.